The van der Waals surface area contributed by atoms with Gasteiger partial charge in [0.15, 0.2) is 5.11 Å². The van der Waals surface area contributed by atoms with E-state index >= 15 is 0 Å². The van der Waals surface area contributed by atoms with Gasteiger partial charge in [-0.2, -0.15) is 0 Å². The second kappa shape index (κ2) is 3.94. The topological polar surface area (TPSA) is 35.5 Å². The molecule has 0 radical (unpaired) electrons. The first kappa shape index (κ1) is 9.43. The molecule has 0 bridgehead atoms. The summed E-state index contributed by atoms with van der Waals surface area (Å²) < 4.78 is 0. The van der Waals surface area contributed by atoms with E-state index in [-0.39, 0.29) is 0 Å². The van der Waals surface area contributed by atoms with Gasteiger partial charge in [0.2, 0.25) is 0 Å². The Labute approximate surface area is 88.3 Å². The Morgan fingerprint density at radius 3 is 2.71 bits per heavy atom. The Kier molecular flexibility index (Phi) is 2.65. The average molecular weight is 208 g/mol. The van der Waals surface area contributed by atoms with Crippen LogP contribution in [-0.2, 0) is 0 Å². The molecule has 1 saturated heterocycles. The standard InChI is InChI=1S/C10H12N2OS/c13-9-6-7-12(10(14)11-9)8-4-2-1-3-5-8/h1-5,9,13H,6-7H2,(H,11,14). The number of hydrogen-bond donors (Lipinski definition) is 2. The van der Waals surface area contributed by atoms with Crippen molar-refractivity contribution in [1.29, 1.82) is 0 Å². The molecule has 1 unspecified atom stereocenters. The third-order valence-corrected chi connectivity index (χ3v) is 2.57. The van der Waals surface area contributed by atoms with Crippen molar-refractivity contribution in [2.45, 2.75) is 12.6 Å². The van der Waals surface area contributed by atoms with E-state index in [1.54, 1.807) is 0 Å². The van der Waals surface area contributed by atoms with Crippen LogP contribution in [0.3, 0.4) is 0 Å². The molecule has 1 aliphatic rings. The first-order chi connectivity index (χ1) is 6.77. The second-order valence-corrected chi connectivity index (χ2v) is 3.63. The van der Waals surface area contributed by atoms with E-state index in [1.165, 1.54) is 0 Å². The van der Waals surface area contributed by atoms with E-state index in [2.05, 4.69) is 5.32 Å². The molecular formula is C10H12N2OS. The van der Waals surface area contributed by atoms with Crippen molar-refractivity contribution < 1.29 is 5.11 Å². The van der Waals surface area contributed by atoms with Crippen molar-refractivity contribution in [3.63, 3.8) is 0 Å². The summed E-state index contributed by atoms with van der Waals surface area (Å²) in [5.74, 6) is 0. The molecule has 2 N–H and O–H groups in total. The van der Waals surface area contributed by atoms with Crippen molar-refractivity contribution in [2.24, 2.45) is 0 Å². The lowest BCUT2D eigenvalue weighted by Gasteiger charge is -2.33. The Morgan fingerprint density at radius 2 is 2.07 bits per heavy atom. The summed E-state index contributed by atoms with van der Waals surface area (Å²) in [6.45, 7) is 0.761. The van der Waals surface area contributed by atoms with Crippen LogP contribution in [-0.4, -0.2) is 23.0 Å². The van der Waals surface area contributed by atoms with Crippen LogP contribution in [0.25, 0.3) is 0 Å². The van der Waals surface area contributed by atoms with Gasteiger partial charge in [-0.1, -0.05) is 18.2 Å². The van der Waals surface area contributed by atoms with Crippen LogP contribution in [0.1, 0.15) is 6.42 Å². The first-order valence-corrected chi connectivity index (χ1v) is 4.99. The number of hydrogen-bond acceptors (Lipinski definition) is 2. The molecule has 0 spiro atoms. The SMILES string of the molecule is OC1CCN(c2ccccc2)C(=S)N1. The highest BCUT2D eigenvalue weighted by atomic mass is 32.1. The maximum absolute atomic E-state index is 9.32. The van der Waals surface area contributed by atoms with Gasteiger partial charge in [-0.25, -0.2) is 0 Å². The van der Waals surface area contributed by atoms with Gasteiger partial charge in [0.05, 0.1) is 0 Å². The number of benzene rings is 1. The van der Waals surface area contributed by atoms with Gasteiger partial charge in [0, 0.05) is 18.7 Å². The lowest BCUT2D eigenvalue weighted by Crippen LogP contribution is -2.51. The minimum atomic E-state index is -0.498. The van der Waals surface area contributed by atoms with E-state index < -0.39 is 6.23 Å². The molecule has 1 aromatic carbocycles. The molecule has 1 aromatic rings. The zero-order valence-electron chi connectivity index (χ0n) is 7.68. The predicted octanol–water partition coefficient (Wildman–Crippen LogP) is 1.09. The quantitative estimate of drug-likeness (QED) is 0.677. The second-order valence-electron chi connectivity index (χ2n) is 3.24. The average Bonchev–Trinajstić information content (AvgIpc) is 2.19. The lowest BCUT2D eigenvalue weighted by atomic mass is 10.2. The van der Waals surface area contributed by atoms with Gasteiger partial charge in [0.25, 0.3) is 0 Å². The Balaban J connectivity index is 2.16. The zero-order chi connectivity index (χ0) is 9.97. The number of aliphatic hydroxyl groups is 1. The number of para-hydroxylation sites is 1. The first-order valence-electron chi connectivity index (χ1n) is 4.58. The minimum absolute atomic E-state index is 0.498. The van der Waals surface area contributed by atoms with Crippen LogP contribution in [0.2, 0.25) is 0 Å². The maximum atomic E-state index is 9.32. The van der Waals surface area contributed by atoms with Crippen molar-refractivity contribution in [1.82, 2.24) is 5.32 Å². The van der Waals surface area contributed by atoms with Gasteiger partial charge < -0.3 is 15.3 Å². The largest absolute Gasteiger partial charge is 0.374 e. The number of thiocarbonyl (C=S) groups is 1. The zero-order valence-corrected chi connectivity index (χ0v) is 8.50. The Morgan fingerprint density at radius 1 is 1.36 bits per heavy atom. The van der Waals surface area contributed by atoms with Gasteiger partial charge in [-0.05, 0) is 24.4 Å². The minimum Gasteiger partial charge on any atom is -0.374 e. The number of nitrogens with zero attached hydrogens (tertiary/aromatic N) is 1. The fourth-order valence-electron chi connectivity index (χ4n) is 1.50. The summed E-state index contributed by atoms with van der Waals surface area (Å²) in [5.41, 5.74) is 1.07. The monoisotopic (exact) mass is 208 g/mol. The van der Waals surface area contributed by atoms with E-state index in [0.717, 1.165) is 12.2 Å². The fraction of sp³-hybridized carbons (Fsp3) is 0.300. The third-order valence-electron chi connectivity index (χ3n) is 2.23. The molecule has 74 valence electrons. The van der Waals surface area contributed by atoms with Crippen LogP contribution < -0.4 is 10.2 Å². The van der Waals surface area contributed by atoms with Crippen molar-refractivity contribution in [2.75, 3.05) is 11.4 Å². The van der Waals surface area contributed by atoms with Crippen molar-refractivity contribution in [3.05, 3.63) is 30.3 Å². The van der Waals surface area contributed by atoms with Crippen LogP contribution >= 0.6 is 12.2 Å². The summed E-state index contributed by atoms with van der Waals surface area (Å²) in [7, 11) is 0. The Hall–Kier alpha value is -1.13. The van der Waals surface area contributed by atoms with E-state index in [9.17, 15) is 5.11 Å². The highest BCUT2D eigenvalue weighted by molar-refractivity contribution is 7.80. The molecule has 3 nitrogen and oxygen atoms in total. The van der Waals surface area contributed by atoms with E-state index in [4.69, 9.17) is 12.2 Å². The smallest absolute Gasteiger partial charge is 0.175 e. The lowest BCUT2D eigenvalue weighted by molar-refractivity contribution is 0.146. The summed E-state index contributed by atoms with van der Waals surface area (Å²) >= 11 is 5.14. The van der Waals surface area contributed by atoms with Crippen molar-refractivity contribution in [3.8, 4) is 0 Å². The molecule has 0 aliphatic carbocycles. The molecule has 4 heteroatoms. The highest BCUT2D eigenvalue weighted by Crippen LogP contribution is 2.16. The fourth-order valence-corrected chi connectivity index (χ4v) is 1.83. The summed E-state index contributed by atoms with van der Waals surface area (Å²) in [4.78, 5) is 1.99. The molecule has 0 aromatic heterocycles. The van der Waals surface area contributed by atoms with Gasteiger partial charge in [0.1, 0.15) is 6.23 Å². The maximum Gasteiger partial charge on any atom is 0.175 e. The molecule has 1 atom stereocenters. The van der Waals surface area contributed by atoms with E-state index in [0.29, 0.717) is 11.5 Å². The summed E-state index contributed by atoms with van der Waals surface area (Å²) in [6, 6.07) is 9.93. The highest BCUT2D eigenvalue weighted by Gasteiger charge is 2.20. The molecule has 0 amide bonds. The predicted molar refractivity (Wildman–Crippen MR) is 60.1 cm³/mol. The number of nitrogens with one attached hydrogen (secondary N) is 1. The number of aliphatic hydroxyl groups excluding tert-OH is 1. The molecule has 14 heavy (non-hydrogen) atoms. The summed E-state index contributed by atoms with van der Waals surface area (Å²) in [5, 5.41) is 12.8. The molecule has 1 fully saturated rings. The van der Waals surface area contributed by atoms with E-state index in [1.807, 2.05) is 35.2 Å². The van der Waals surface area contributed by atoms with Gasteiger partial charge in [-0.3, -0.25) is 0 Å². The Bertz CT molecular complexity index is 328. The molecule has 1 aliphatic heterocycles. The molecule has 1 heterocycles. The van der Waals surface area contributed by atoms with Crippen molar-refractivity contribution >= 4 is 23.0 Å². The van der Waals surface area contributed by atoms with Crippen LogP contribution in [0.4, 0.5) is 5.69 Å². The van der Waals surface area contributed by atoms with Gasteiger partial charge >= 0.3 is 0 Å². The number of rotatable bonds is 1. The molecular weight excluding hydrogens is 196 g/mol. The number of anilines is 1. The van der Waals surface area contributed by atoms with Crippen LogP contribution in [0.5, 0.6) is 0 Å². The molecule has 0 saturated carbocycles. The van der Waals surface area contributed by atoms with Crippen LogP contribution in [0.15, 0.2) is 30.3 Å². The van der Waals surface area contributed by atoms with Crippen LogP contribution in [0, 0.1) is 0 Å². The normalized spacial score (nSPS) is 21.9. The molecule has 2 rings (SSSR count). The summed E-state index contributed by atoms with van der Waals surface area (Å²) in [6.07, 6.45) is 0.192. The van der Waals surface area contributed by atoms with Gasteiger partial charge in [-0.15, -0.1) is 0 Å². The third kappa shape index (κ3) is 1.86.